The molecule has 0 aliphatic heterocycles. The van der Waals surface area contributed by atoms with Gasteiger partial charge in [-0.1, -0.05) is 18.2 Å². The van der Waals surface area contributed by atoms with E-state index >= 15 is 0 Å². The fourth-order valence-corrected chi connectivity index (χ4v) is 1.87. The van der Waals surface area contributed by atoms with Crippen LogP contribution in [0.5, 0.6) is 0 Å². The molecule has 4 heteroatoms. The molecule has 1 N–H and O–H groups in total. The molecule has 1 saturated carbocycles. The lowest BCUT2D eigenvalue weighted by Gasteiger charge is -2.03. The number of benzene rings is 1. The van der Waals surface area contributed by atoms with Crippen molar-refractivity contribution in [3.63, 3.8) is 0 Å². The van der Waals surface area contributed by atoms with Crippen LogP contribution in [-0.4, -0.2) is 12.5 Å². The third-order valence-corrected chi connectivity index (χ3v) is 3.13. The van der Waals surface area contributed by atoms with Crippen LogP contribution >= 0.6 is 0 Å². The molecule has 3 rings (SSSR count). The predicted octanol–water partition coefficient (Wildman–Crippen LogP) is 1.93. The topological polar surface area (TPSA) is 59.3 Å². The summed E-state index contributed by atoms with van der Waals surface area (Å²) in [6, 6.07) is 8.74. The van der Waals surface area contributed by atoms with Gasteiger partial charge in [-0.05, 0) is 30.9 Å². The molecule has 1 fully saturated rings. The number of rotatable bonds is 3. The van der Waals surface area contributed by atoms with Gasteiger partial charge >= 0.3 is 5.63 Å². The molecule has 1 heterocycles. The molecule has 0 unspecified atom stereocenters. The van der Waals surface area contributed by atoms with Crippen molar-refractivity contribution < 1.29 is 9.21 Å². The fourth-order valence-electron chi connectivity index (χ4n) is 1.87. The zero-order valence-corrected chi connectivity index (χ0v) is 9.81. The van der Waals surface area contributed by atoms with E-state index in [2.05, 4.69) is 5.32 Å². The lowest BCUT2D eigenvalue weighted by Crippen LogP contribution is -2.29. The highest BCUT2D eigenvalue weighted by Crippen LogP contribution is 2.27. The number of amides is 1. The van der Waals surface area contributed by atoms with E-state index in [0.717, 1.165) is 18.2 Å². The van der Waals surface area contributed by atoms with Crippen LogP contribution in [0.25, 0.3) is 11.0 Å². The zero-order chi connectivity index (χ0) is 12.5. The van der Waals surface area contributed by atoms with Crippen LogP contribution in [0.2, 0.25) is 0 Å². The number of para-hydroxylation sites is 1. The first kappa shape index (κ1) is 11.0. The van der Waals surface area contributed by atoms with Crippen molar-refractivity contribution in [2.24, 2.45) is 5.92 Å². The Kier molecular flexibility index (Phi) is 2.63. The molecule has 4 nitrogen and oxygen atoms in total. The molecule has 2 aromatic rings. The molecule has 1 aromatic heterocycles. The standard InChI is InChI=1S/C14H13NO3/c16-13(15-8-9-5-6-9)11-7-10-3-1-2-4-12(10)18-14(11)17/h1-4,7,9H,5-6,8H2,(H,15,16). The molecule has 1 amide bonds. The van der Waals surface area contributed by atoms with Gasteiger partial charge in [0.2, 0.25) is 0 Å². The molecule has 92 valence electrons. The molecule has 0 spiro atoms. The van der Waals surface area contributed by atoms with E-state index in [1.54, 1.807) is 18.2 Å². The van der Waals surface area contributed by atoms with Crippen molar-refractivity contribution in [1.82, 2.24) is 5.32 Å². The van der Waals surface area contributed by atoms with Gasteiger partial charge in [-0.2, -0.15) is 0 Å². The second-order valence-corrected chi connectivity index (χ2v) is 4.64. The normalized spacial score (nSPS) is 14.7. The van der Waals surface area contributed by atoms with Crippen LogP contribution in [0, 0.1) is 5.92 Å². The highest BCUT2D eigenvalue weighted by molar-refractivity contribution is 5.96. The number of carbonyl (C=O) groups is 1. The van der Waals surface area contributed by atoms with Crippen molar-refractivity contribution in [3.05, 3.63) is 46.3 Å². The molecule has 0 bridgehead atoms. The van der Waals surface area contributed by atoms with Gasteiger partial charge in [0.25, 0.3) is 5.91 Å². The number of fused-ring (bicyclic) bond motifs is 1. The maximum atomic E-state index is 11.9. The van der Waals surface area contributed by atoms with Crippen LogP contribution in [-0.2, 0) is 0 Å². The largest absolute Gasteiger partial charge is 0.422 e. The first-order valence-corrected chi connectivity index (χ1v) is 6.05. The summed E-state index contributed by atoms with van der Waals surface area (Å²) in [6.45, 7) is 0.644. The molecule has 0 atom stereocenters. The maximum absolute atomic E-state index is 11.9. The van der Waals surface area contributed by atoms with E-state index in [1.807, 2.05) is 12.1 Å². The number of nitrogens with one attached hydrogen (secondary N) is 1. The first-order valence-electron chi connectivity index (χ1n) is 6.05. The summed E-state index contributed by atoms with van der Waals surface area (Å²) in [5, 5.41) is 3.53. The highest BCUT2D eigenvalue weighted by Gasteiger charge is 2.22. The van der Waals surface area contributed by atoms with E-state index in [9.17, 15) is 9.59 Å². The smallest absolute Gasteiger partial charge is 0.349 e. The number of carbonyl (C=O) groups excluding carboxylic acids is 1. The molecular formula is C14H13NO3. The molecule has 1 aliphatic carbocycles. The summed E-state index contributed by atoms with van der Waals surface area (Å²) in [5.41, 5.74) is -0.00223. The number of hydrogen-bond acceptors (Lipinski definition) is 3. The van der Waals surface area contributed by atoms with Gasteiger partial charge in [-0.25, -0.2) is 4.79 Å². The lowest BCUT2D eigenvalue weighted by molar-refractivity contribution is 0.0948. The minimum Gasteiger partial charge on any atom is -0.422 e. The van der Waals surface area contributed by atoms with Crippen molar-refractivity contribution in [2.45, 2.75) is 12.8 Å². The summed E-state index contributed by atoms with van der Waals surface area (Å²) in [6.07, 6.45) is 2.32. The quantitative estimate of drug-likeness (QED) is 0.838. The Morgan fingerprint density at radius 1 is 1.33 bits per heavy atom. The minimum atomic E-state index is -0.581. The Balaban J connectivity index is 1.92. The predicted molar refractivity (Wildman–Crippen MR) is 67.5 cm³/mol. The maximum Gasteiger partial charge on any atom is 0.349 e. The average molecular weight is 243 g/mol. The minimum absolute atomic E-state index is 0.0781. The SMILES string of the molecule is O=C(NCC1CC1)c1cc2ccccc2oc1=O. The second kappa shape index (κ2) is 4.29. The van der Waals surface area contributed by atoms with E-state index in [-0.39, 0.29) is 11.5 Å². The first-order chi connectivity index (χ1) is 8.74. The summed E-state index contributed by atoms with van der Waals surface area (Å²) in [7, 11) is 0. The molecule has 0 radical (unpaired) electrons. The van der Waals surface area contributed by atoms with Gasteiger partial charge in [0, 0.05) is 11.9 Å². The molecule has 0 saturated heterocycles. The van der Waals surface area contributed by atoms with Gasteiger partial charge in [0.05, 0.1) is 0 Å². The Morgan fingerprint density at radius 2 is 2.11 bits per heavy atom. The van der Waals surface area contributed by atoms with Crippen LogP contribution in [0.3, 0.4) is 0 Å². The fraction of sp³-hybridized carbons (Fsp3) is 0.286. The van der Waals surface area contributed by atoms with Crippen molar-refractivity contribution in [2.75, 3.05) is 6.54 Å². The van der Waals surface area contributed by atoms with Crippen LogP contribution < -0.4 is 10.9 Å². The third kappa shape index (κ3) is 2.14. The Hall–Kier alpha value is -2.10. The molecule has 1 aromatic carbocycles. The van der Waals surface area contributed by atoms with Gasteiger partial charge < -0.3 is 9.73 Å². The van der Waals surface area contributed by atoms with Crippen LogP contribution in [0.4, 0.5) is 0 Å². The van der Waals surface area contributed by atoms with Crippen molar-refractivity contribution >= 4 is 16.9 Å². The third-order valence-electron chi connectivity index (χ3n) is 3.13. The van der Waals surface area contributed by atoms with Gasteiger partial charge in [-0.3, -0.25) is 4.79 Å². The summed E-state index contributed by atoms with van der Waals surface area (Å²) >= 11 is 0. The van der Waals surface area contributed by atoms with E-state index < -0.39 is 5.63 Å². The van der Waals surface area contributed by atoms with Gasteiger partial charge in [0.1, 0.15) is 11.1 Å². The molecule has 18 heavy (non-hydrogen) atoms. The van der Waals surface area contributed by atoms with Gasteiger partial charge in [-0.15, -0.1) is 0 Å². The summed E-state index contributed by atoms with van der Waals surface area (Å²) < 4.78 is 5.12. The molecule has 1 aliphatic rings. The van der Waals surface area contributed by atoms with E-state index in [1.165, 1.54) is 0 Å². The second-order valence-electron chi connectivity index (χ2n) is 4.64. The number of hydrogen-bond donors (Lipinski definition) is 1. The van der Waals surface area contributed by atoms with Crippen molar-refractivity contribution in [1.29, 1.82) is 0 Å². The molecular weight excluding hydrogens is 230 g/mol. The van der Waals surface area contributed by atoms with Gasteiger partial charge in [0.15, 0.2) is 0 Å². The summed E-state index contributed by atoms with van der Waals surface area (Å²) in [5.74, 6) is 0.239. The van der Waals surface area contributed by atoms with Crippen LogP contribution in [0.15, 0.2) is 39.5 Å². The highest BCUT2D eigenvalue weighted by atomic mass is 16.4. The lowest BCUT2D eigenvalue weighted by atomic mass is 10.2. The zero-order valence-electron chi connectivity index (χ0n) is 9.81. The Morgan fingerprint density at radius 3 is 2.89 bits per heavy atom. The average Bonchev–Trinajstić information content (AvgIpc) is 3.19. The monoisotopic (exact) mass is 243 g/mol. The Labute approximate surface area is 104 Å². The van der Waals surface area contributed by atoms with Crippen LogP contribution in [0.1, 0.15) is 23.2 Å². The van der Waals surface area contributed by atoms with E-state index in [4.69, 9.17) is 4.42 Å². The summed E-state index contributed by atoms with van der Waals surface area (Å²) in [4.78, 5) is 23.6. The Bertz CT molecular complexity index is 655. The van der Waals surface area contributed by atoms with Crippen molar-refractivity contribution in [3.8, 4) is 0 Å². The van der Waals surface area contributed by atoms with E-state index in [0.29, 0.717) is 18.0 Å².